The van der Waals surface area contributed by atoms with E-state index in [1.165, 1.54) is 12.8 Å². The van der Waals surface area contributed by atoms with Gasteiger partial charge in [0, 0.05) is 11.0 Å². The van der Waals surface area contributed by atoms with Crippen molar-refractivity contribution in [2.24, 2.45) is 5.41 Å². The maximum absolute atomic E-state index is 13.0. The lowest BCUT2D eigenvalue weighted by Gasteiger charge is -2.23. The van der Waals surface area contributed by atoms with Crippen LogP contribution in [-0.2, 0) is 0 Å². The zero-order valence-electron chi connectivity index (χ0n) is 11.7. The van der Waals surface area contributed by atoms with Gasteiger partial charge >= 0.3 is 0 Å². The highest BCUT2D eigenvalue weighted by molar-refractivity contribution is 6.11. The maximum atomic E-state index is 13.0. The summed E-state index contributed by atoms with van der Waals surface area (Å²) in [6.45, 7) is 4.20. The van der Waals surface area contributed by atoms with Crippen LogP contribution >= 0.6 is 0 Å². The second-order valence-corrected chi connectivity index (χ2v) is 6.08. The molecule has 1 fully saturated rings. The summed E-state index contributed by atoms with van der Waals surface area (Å²) in [5.74, 6) is 0.347. The highest BCUT2D eigenvalue weighted by Crippen LogP contribution is 2.42. The van der Waals surface area contributed by atoms with E-state index in [-0.39, 0.29) is 5.41 Å². The third kappa shape index (κ3) is 1.98. The zero-order valence-corrected chi connectivity index (χ0v) is 11.7. The predicted octanol–water partition coefficient (Wildman–Crippen LogP) is 4.91. The minimum Gasteiger partial charge on any atom is -0.294 e. The Balaban J connectivity index is 2.19. The molecule has 1 nitrogen and oxygen atoms in total. The molecule has 3 rings (SSSR count). The lowest BCUT2D eigenvalue weighted by molar-refractivity contribution is 0.0824. The van der Waals surface area contributed by atoms with Gasteiger partial charge in [-0.25, -0.2) is 0 Å². The van der Waals surface area contributed by atoms with Crippen LogP contribution in [0.25, 0.3) is 10.8 Å². The van der Waals surface area contributed by atoms with Crippen molar-refractivity contribution in [3.63, 3.8) is 0 Å². The Hall–Kier alpha value is -1.63. The average Bonchev–Trinajstić information content (AvgIpc) is 2.86. The molecule has 0 bridgehead atoms. The van der Waals surface area contributed by atoms with E-state index in [0.29, 0.717) is 5.78 Å². The Labute approximate surface area is 114 Å². The highest BCUT2D eigenvalue weighted by Gasteiger charge is 2.37. The number of benzene rings is 2. The minimum absolute atomic E-state index is 0.144. The molecule has 0 amide bonds. The van der Waals surface area contributed by atoms with Gasteiger partial charge in [0.1, 0.15) is 0 Å². The molecule has 0 aliphatic heterocycles. The lowest BCUT2D eigenvalue weighted by atomic mass is 9.78. The lowest BCUT2D eigenvalue weighted by Crippen LogP contribution is -2.25. The van der Waals surface area contributed by atoms with E-state index in [1.54, 1.807) is 0 Å². The SMILES string of the molecule is Cc1ccc2ccccc2c1C(=O)C1(C)CCCC1. The van der Waals surface area contributed by atoms with Crippen LogP contribution in [0.1, 0.15) is 48.5 Å². The van der Waals surface area contributed by atoms with E-state index in [0.717, 1.165) is 34.7 Å². The smallest absolute Gasteiger partial charge is 0.169 e. The van der Waals surface area contributed by atoms with Crippen molar-refractivity contribution in [1.82, 2.24) is 0 Å². The van der Waals surface area contributed by atoms with E-state index >= 15 is 0 Å². The van der Waals surface area contributed by atoms with Crippen LogP contribution in [0.15, 0.2) is 36.4 Å². The third-order valence-corrected chi connectivity index (χ3v) is 4.62. The standard InChI is InChI=1S/C18H20O/c1-13-9-10-14-7-3-4-8-15(14)16(13)17(19)18(2)11-5-6-12-18/h3-4,7-10H,5-6,11-12H2,1-2H3. The van der Waals surface area contributed by atoms with Gasteiger partial charge in [-0.1, -0.05) is 56.2 Å². The number of rotatable bonds is 2. The van der Waals surface area contributed by atoms with Gasteiger partial charge in [0.25, 0.3) is 0 Å². The van der Waals surface area contributed by atoms with Crippen molar-refractivity contribution in [3.8, 4) is 0 Å². The van der Waals surface area contributed by atoms with Gasteiger partial charge in [0.2, 0.25) is 0 Å². The summed E-state index contributed by atoms with van der Waals surface area (Å²) < 4.78 is 0. The molecular weight excluding hydrogens is 232 g/mol. The van der Waals surface area contributed by atoms with Crippen molar-refractivity contribution in [2.75, 3.05) is 0 Å². The maximum Gasteiger partial charge on any atom is 0.169 e. The monoisotopic (exact) mass is 252 g/mol. The molecule has 19 heavy (non-hydrogen) atoms. The fourth-order valence-electron chi connectivity index (χ4n) is 3.37. The summed E-state index contributed by atoms with van der Waals surface area (Å²) in [5.41, 5.74) is 1.91. The molecule has 1 heteroatoms. The minimum atomic E-state index is -0.144. The number of Topliss-reactive ketones (excluding diaryl/α,β-unsaturated/α-hetero) is 1. The zero-order chi connectivity index (χ0) is 13.5. The van der Waals surface area contributed by atoms with Crippen LogP contribution in [0.4, 0.5) is 0 Å². The van der Waals surface area contributed by atoms with Gasteiger partial charge in [0.05, 0.1) is 0 Å². The van der Waals surface area contributed by atoms with Crippen molar-refractivity contribution in [2.45, 2.75) is 39.5 Å². The third-order valence-electron chi connectivity index (χ3n) is 4.62. The number of hydrogen-bond acceptors (Lipinski definition) is 1. The van der Waals surface area contributed by atoms with Gasteiger partial charge in [0.15, 0.2) is 5.78 Å². The molecule has 1 aliphatic carbocycles. The first-order valence-electron chi connectivity index (χ1n) is 7.15. The van der Waals surface area contributed by atoms with E-state index in [4.69, 9.17) is 0 Å². The van der Waals surface area contributed by atoms with Crippen LogP contribution in [0.5, 0.6) is 0 Å². The van der Waals surface area contributed by atoms with E-state index < -0.39 is 0 Å². The molecule has 2 aromatic rings. The van der Waals surface area contributed by atoms with Crippen LogP contribution in [0.2, 0.25) is 0 Å². The number of ketones is 1. The number of hydrogen-bond donors (Lipinski definition) is 0. The first-order valence-corrected chi connectivity index (χ1v) is 7.15. The quantitative estimate of drug-likeness (QED) is 0.694. The normalized spacial score (nSPS) is 17.8. The Morgan fingerprint density at radius 2 is 1.74 bits per heavy atom. The van der Waals surface area contributed by atoms with Gasteiger partial charge < -0.3 is 0 Å². The van der Waals surface area contributed by atoms with Crippen molar-refractivity contribution in [3.05, 3.63) is 47.5 Å². The molecule has 1 aliphatic rings. The fraction of sp³-hybridized carbons (Fsp3) is 0.389. The van der Waals surface area contributed by atoms with Gasteiger partial charge in [-0.15, -0.1) is 0 Å². The van der Waals surface area contributed by atoms with Gasteiger partial charge in [-0.2, -0.15) is 0 Å². The molecule has 0 heterocycles. The second kappa shape index (κ2) is 4.48. The Morgan fingerprint density at radius 1 is 1.05 bits per heavy atom. The Morgan fingerprint density at radius 3 is 2.47 bits per heavy atom. The highest BCUT2D eigenvalue weighted by atomic mass is 16.1. The van der Waals surface area contributed by atoms with E-state index in [2.05, 4.69) is 38.1 Å². The molecule has 0 saturated heterocycles. The molecular formula is C18H20O. The molecule has 0 N–H and O–H groups in total. The Kier molecular flexibility index (Phi) is 2.93. The van der Waals surface area contributed by atoms with Crippen LogP contribution < -0.4 is 0 Å². The molecule has 0 radical (unpaired) electrons. The summed E-state index contributed by atoms with van der Waals surface area (Å²) in [6.07, 6.45) is 4.45. The second-order valence-electron chi connectivity index (χ2n) is 6.08. The summed E-state index contributed by atoms with van der Waals surface area (Å²) in [6, 6.07) is 12.4. The fourth-order valence-corrected chi connectivity index (χ4v) is 3.37. The molecule has 2 aromatic carbocycles. The topological polar surface area (TPSA) is 17.1 Å². The largest absolute Gasteiger partial charge is 0.294 e. The summed E-state index contributed by atoms with van der Waals surface area (Å²) >= 11 is 0. The number of aryl methyl sites for hydroxylation is 1. The van der Waals surface area contributed by atoms with Gasteiger partial charge in [-0.05, 0) is 36.1 Å². The van der Waals surface area contributed by atoms with E-state index in [9.17, 15) is 4.79 Å². The Bertz CT molecular complexity index is 633. The van der Waals surface area contributed by atoms with E-state index in [1.807, 2.05) is 12.1 Å². The predicted molar refractivity (Wildman–Crippen MR) is 79.6 cm³/mol. The van der Waals surface area contributed by atoms with Crippen molar-refractivity contribution >= 4 is 16.6 Å². The first kappa shape index (κ1) is 12.4. The van der Waals surface area contributed by atoms with Crippen LogP contribution in [0, 0.1) is 12.3 Å². The summed E-state index contributed by atoms with van der Waals surface area (Å²) in [4.78, 5) is 13.0. The summed E-state index contributed by atoms with van der Waals surface area (Å²) in [7, 11) is 0. The average molecular weight is 252 g/mol. The van der Waals surface area contributed by atoms with Crippen molar-refractivity contribution in [1.29, 1.82) is 0 Å². The molecule has 0 atom stereocenters. The summed E-state index contributed by atoms with van der Waals surface area (Å²) in [5, 5.41) is 2.28. The van der Waals surface area contributed by atoms with Crippen LogP contribution in [0.3, 0.4) is 0 Å². The first-order chi connectivity index (χ1) is 9.12. The number of carbonyl (C=O) groups is 1. The molecule has 0 unspecified atom stereocenters. The molecule has 1 saturated carbocycles. The molecule has 0 aromatic heterocycles. The van der Waals surface area contributed by atoms with Crippen LogP contribution in [-0.4, -0.2) is 5.78 Å². The van der Waals surface area contributed by atoms with Gasteiger partial charge in [-0.3, -0.25) is 4.79 Å². The number of carbonyl (C=O) groups excluding carboxylic acids is 1. The number of fused-ring (bicyclic) bond motifs is 1. The van der Waals surface area contributed by atoms with Crippen molar-refractivity contribution < 1.29 is 4.79 Å². The molecule has 98 valence electrons. The molecule has 0 spiro atoms.